The molecule has 1 atom stereocenters. The average molecular weight is 226 g/mol. The van der Waals surface area contributed by atoms with E-state index < -0.39 is 5.60 Å². The predicted molar refractivity (Wildman–Crippen MR) is 64.1 cm³/mol. The SMILES string of the molecule is CSc1ccc(C(C)(O)CCCO)cc1. The Bertz CT molecular complexity index is 293. The molecule has 0 aromatic heterocycles. The van der Waals surface area contributed by atoms with Crippen LogP contribution in [0.1, 0.15) is 25.3 Å². The van der Waals surface area contributed by atoms with Gasteiger partial charge in [0.25, 0.3) is 0 Å². The van der Waals surface area contributed by atoms with Gasteiger partial charge in [-0.1, -0.05) is 12.1 Å². The third-order valence-electron chi connectivity index (χ3n) is 2.53. The summed E-state index contributed by atoms with van der Waals surface area (Å²) in [5.41, 5.74) is 0.0772. The molecule has 0 spiro atoms. The highest BCUT2D eigenvalue weighted by Gasteiger charge is 2.21. The molecule has 84 valence electrons. The van der Waals surface area contributed by atoms with Crippen LogP contribution in [0.15, 0.2) is 29.2 Å². The van der Waals surface area contributed by atoms with E-state index in [0.29, 0.717) is 12.8 Å². The quantitative estimate of drug-likeness (QED) is 0.757. The van der Waals surface area contributed by atoms with Gasteiger partial charge in [-0.3, -0.25) is 0 Å². The van der Waals surface area contributed by atoms with Crippen LogP contribution in [0, 0.1) is 0 Å². The van der Waals surface area contributed by atoms with Crippen molar-refractivity contribution in [2.24, 2.45) is 0 Å². The molecule has 1 aromatic rings. The van der Waals surface area contributed by atoms with Crippen molar-refractivity contribution < 1.29 is 10.2 Å². The first-order chi connectivity index (χ1) is 7.10. The minimum absolute atomic E-state index is 0.124. The number of hydrogen-bond acceptors (Lipinski definition) is 3. The molecule has 0 aliphatic rings. The zero-order chi connectivity index (χ0) is 11.3. The largest absolute Gasteiger partial charge is 0.396 e. The molecule has 1 unspecified atom stereocenters. The first-order valence-corrected chi connectivity index (χ1v) is 6.30. The van der Waals surface area contributed by atoms with Gasteiger partial charge >= 0.3 is 0 Å². The van der Waals surface area contributed by atoms with Crippen LogP contribution in [0.4, 0.5) is 0 Å². The van der Waals surface area contributed by atoms with Gasteiger partial charge in [-0.2, -0.15) is 0 Å². The lowest BCUT2D eigenvalue weighted by Gasteiger charge is -2.23. The summed E-state index contributed by atoms with van der Waals surface area (Å²) in [4.78, 5) is 1.19. The second-order valence-corrected chi connectivity index (χ2v) is 4.71. The Labute approximate surface area is 95.3 Å². The van der Waals surface area contributed by atoms with E-state index in [0.717, 1.165) is 5.56 Å². The Morgan fingerprint density at radius 2 is 1.87 bits per heavy atom. The summed E-state index contributed by atoms with van der Waals surface area (Å²) in [6.07, 6.45) is 3.23. The molecule has 0 amide bonds. The summed E-state index contributed by atoms with van der Waals surface area (Å²) in [7, 11) is 0. The lowest BCUT2D eigenvalue weighted by molar-refractivity contribution is 0.0403. The molecule has 3 heteroatoms. The molecule has 2 N–H and O–H groups in total. The van der Waals surface area contributed by atoms with Crippen molar-refractivity contribution in [2.45, 2.75) is 30.3 Å². The molecule has 0 saturated heterocycles. The number of thioether (sulfide) groups is 1. The van der Waals surface area contributed by atoms with Crippen molar-refractivity contribution in [3.63, 3.8) is 0 Å². The van der Waals surface area contributed by atoms with Crippen molar-refractivity contribution >= 4 is 11.8 Å². The molecule has 1 rings (SSSR count). The van der Waals surface area contributed by atoms with Crippen LogP contribution in [0.5, 0.6) is 0 Å². The van der Waals surface area contributed by atoms with Gasteiger partial charge in [0.1, 0.15) is 0 Å². The Morgan fingerprint density at radius 1 is 1.27 bits per heavy atom. The van der Waals surface area contributed by atoms with Crippen molar-refractivity contribution in [3.8, 4) is 0 Å². The molecule has 0 radical (unpaired) electrons. The van der Waals surface area contributed by atoms with E-state index in [-0.39, 0.29) is 6.61 Å². The van der Waals surface area contributed by atoms with Gasteiger partial charge in [0.2, 0.25) is 0 Å². The van der Waals surface area contributed by atoms with Crippen LogP contribution < -0.4 is 0 Å². The fourth-order valence-corrected chi connectivity index (χ4v) is 1.93. The van der Waals surface area contributed by atoms with Crippen molar-refractivity contribution in [3.05, 3.63) is 29.8 Å². The van der Waals surface area contributed by atoms with E-state index in [9.17, 15) is 5.11 Å². The second-order valence-electron chi connectivity index (χ2n) is 3.83. The van der Waals surface area contributed by atoms with Crippen molar-refractivity contribution in [1.29, 1.82) is 0 Å². The lowest BCUT2D eigenvalue weighted by Crippen LogP contribution is -2.21. The number of aliphatic hydroxyl groups excluding tert-OH is 1. The summed E-state index contributed by atoms with van der Waals surface area (Å²) in [6, 6.07) is 7.91. The average Bonchev–Trinajstić information content (AvgIpc) is 2.26. The molecule has 0 saturated carbocycles. The molecular weight excluding hydrogens is 208 g/mol. The monoisotopic (exact) mass is 226 g/mol. The van der Waals surface area contributed by atoms with Gasteiger partial charge in [0, 0.05) is 11.5 Å². The van der Waals surface area contributed by atoms with Gasteiger partial charge in [0.15, 0.2) is 0 Å². The molecule has 0 aliphatic carbocycles. The number of benzene rings is 1. The second kappa shape index (κ2) is 5.54. The summed E-state index contributed by atoms with van der Waals surface area (Å²) >= 11 is 1.68. The van der Waals surface area contributed by atoms with E-state index in [1.807, 2.05) is 30.5 Å². The molecular formula is C12H18O2S. The zero-order valence-electron chi connectivity index (χ0n) is 9.23. The fraction of sp³-hybridized carbons (Fsp3) is 0.500. The van der Waals surface area contributed by atoms with E-state index in [2.05, 4.69) is 0 Å². The maximum absolute atomic E-state index is 10.2. The van der Waals surface area contributed by atoms with Crippen LogP contribution in [-0.4, -0.2) is 23.1 Å². The lowest BCUT2D eigenvalue weighted by atomic mass is 9.91. The topological polar surface area (TPSA) is 40.5 Å². The maximum atomic E-state index is 10.2. The highest BCUT2D eigenvalue weighted by atomic mass is 32.2. The molecule has 0 heterocycles. The molecule has 15 heavy (non-hydrogen) atoms. The maximum Gasteiger partial charge on any atom is 0.0869 e. The number of aliphatic hydroxyl groups is 2. The van der Waals surface area contributed by atoms with E-state index >= 15 is 0 Å². The normalized spacial score (nSPS) is 14.9. The molecule has 0 fully saturated rings. The molecule has 2 nitrogen and oxygen atoms in total. The first kappa shape index (κ1) is 12.6. The molecule has 0 bridgehead atoms. The highest BCUT2D eigenvalue weighted by Crippen LogP contribution is 2.27. The van der Waals surface area contributed by atoms with Gasteiger partial charge in [-0.05, 0) is 43.7 Å². The minimum Gasteiger partial charge on any atom is -0.396 e. The summed E-state index contributed by atoms with van der Waals surface area (Å²) in [5, 5.41) is 18.9. The Morgan fingerprint density at radius 3 is 2.33 bits per heavy atom. The molecule has 1 aromatic carbocycles. The number of hydrogen-bond donors (Lipinski definition) is 2. The Kier molecular flexibility index (Phi) is 4.64. The van der Waals surface area contributed by atoms with Crippen LogP contribution in [0.2, 0.25) is 0 Å². The zero-order valence-corrected chi connectivity index (χ0v) is 10.0. The number of rotatable bonds is 5. The smallest absolute Gasteiger partial charge is 0.0869 e. The van der Waals surface area contributed by atoms with Gasteiger partial charge in [-0.15, -0.1) is 11.8 Å². The highest BCUT2D eigenvalue weighted by molar-refractivity contribution is 7.98. The van der Waals surface area contributed by atoms with Crippen molar-refractivity contribution in [2.75, 3.05) is 12.9 Å². The van der Waals surface area contributed by atoms with Crippen LogP contribution in [-0.2, 0) is 5.60 Å². The van der Waals surface area contributed by atoms with E-state index in [1.165, 1.54) is 4.90 Å². The third kappa shape index (κ3) is 3.52. The summed E-state index contributed by atoms with van der Waals surface area (Å²) in [5.74, 6) is 0. The van der Waals surface area contributed by atoms with Gasteiger partial charge in [0.05, 0.1) is 5.60 Å². The van der Waals surface area contributed by atoms with E-state index in [1.54, 1.807) is 18.7 Å². The summed E-state index contributed by atoms with van der Waals surface area (Å²) < 4.78 is 0. The van der Waals surface area contributed by atoms with Crippen LogP contribution in [0.3, 0.4) is 0 Å². The summed E-state index contributed by atoms with van der Waals surface area (Å²) in [6.45, 7) is 1.91. The van der Waals surface area contributed by atoms with Gasteiger partial charge in [-0.25, -0.2) is 0 Å². The predicted octanol–water partition coefficient (Wildman–Crippen LogP) is 2.39. The Hall–Kier alpha value is -0.510. The van der Waals surface area contributed by atoms with E-state index in [4.69, 9.17) is 5.11 Å². The third-order valence-corrected chi connectivity index (χ3v) is 3.28. The standard InChI is InChI=1S/C12H18O2S/c1-12(14,8-3-9-13)10-4-6-11(15-2)7-5-10/h4-7,13-14H,3,8-9H2,1-2H3. The first-order valence-electron chi connectivity index (χ1n) is 5.08. The van der Waals surface area contributed by atoms with Crippen LogP contribution >= 0.6 is 11.8 Å². The minimum atomic E-state index is -0.834. The molecule has 0 aliphatic heterocycles. The van der Waals surface area contributed by atoms with Crippen LogP contribution in [0.25, 0.3) is 0 Å². The Balaban J connectivity index is 2.75. The van der Waals surface area contributed by atoms with Gasteiger partial charge < -0.3 is 10.2 Å². The van der Waals surface area contributed by atoms with Crippen molar-refractivity contribution in [1.82, 2.24) is 0 Å². The fourth-order valence-electron chi connectivity index (χ4n) is 1.52.